The maximum atomic E-state index is 12.5. The summed E-state index contributed by atoms with van der Waals surface area (Å²) in [5.74, 6) is 1.40. The molecule has 0 radical (unpaired) electrons. The number of hydrogen-bond acceptors (Lipinski definition) is 4. The molecule has 0 unspecified atom stereocenters. The van der Waals surface area contributed by atoms with Crippen LogP contribution in [-0.4, -0.2) is 49.6 Å². The minimum Gasteiger partial charge on any atom is -0.492 e. The third kappa shape index (κ3) is 7.01. The predicted octanol–water partition coefficient (Wildman–Crippen LogP) is 3.80. The highest BCUT2D eigenvalue weighted by molar-refractivity contribution is 5.80. The molecular weight excluding hydrogens is 404 g/mol. The maximum absolute atomic E-state index is 12.5. The van der Waals surface area contributed by atoms with Crippen molar-refractivity contribution in [3.05, 3.63) is 60.2 Å². The predicted molar refractivity (Wildman–Crippen MR) is 125 cm³/mol. The molecule has 0 aromatic heterocycles. The van der Waals surface area contributed by atoms with E-state index in [0.29, 0.717) is 44.8 Å². The summed E-state index contributed by atoms with van der Waals surface area (Å²) in [6, 6.07) is 17.4. The molecule has 0 bridgehead atoms. The Hall–Kier alpha value is -3.02. The van der Waals surface area contributed by atoms with Gasteiger partial charge in [0.25, 0.3) is 5.91 Å². The summed E-state index contributed by atoms with van der Waals surface area (Å²) in [6.45, 7) is 8.59. The van der Waals surface area contributed by atoms with E-state index in [1.807, 2.05) is 42.5 Å². The van der Waals surface area contributed by atoms with Crippen LogP contribution in [0, 0.1) is 5.92 Å². The minimum atomic E-state index is -0.0693. The van der Waals surface area contributed by atoms with E-state index in [1.165, 1.54) is 5.56 Å². The number of amides is 2. The molecule has 0 atom stereocenters. The van der Waals surface area contributed by atoms with E-state index in [2.05, 4.69) is 38.2 Å². The second-order valence-corrected chi connectivity index (χ2v) is 9.17. The Bertz CT molecular complexity index is 867. The number of para-hydroxylation sites is 1. The number of piperidine rings is 1. The molecule has 3 rings (SSSR count). The van der Waals surface area contributed by atoms with Gasteiger partial charge in [-0.25, -0.2) is 0 Å². The van der Waals surface area contributed by atoms with Crippen LogP contribution in [-0.2, 0) is 15.0 Å². The van der Waals surface area contributed by atoms with Crippen molar-refractivity contribution in [2.45, 2.75) is 39.0 Å². The molecule has 0 aliphatic carbocycles. The fourth-order valence-corrected chi connectivity index (χ4v) is 3.68. The first-order valence-corrected chi connectivity index (χ1v) is 11.3. The van der Waals surface area contributed by atoms with Gasteiger partial charge >= 0.3 is 0 Å². The third-order valence-electron chi connectivity index (χ3n) is 5.71. The number of ether oxygens (including phenoxy) is 2. The van der Waals surface area contributed by atoms with E-state index in [4.69, 9.17) is 9.47 Å². The molecule has 6 heteroatoms. The van der Waals surface area contributed by atoms with E-state index >= 15 is 0 Å². The van der Waals surface area contributed by atoms with Crippen molar-refractivity contribution in [1.29, 1.82) is 0 Å². The molecule has 1 saturated heterocycles. The molecular formula is C26H34N2O4. The molecule has 2 aromatic rings. The van der Waals surface area contributed by atoms with Gasteiger partial charge in [0.2, 0.25) is 5.91 Å². The zero-order chi connectivity index (χ0) is 23.0. The Kier molecular flexibility index (Phi) is 8.14. The zero-order valence-corrected chi connectivity index (χ0v) is 19.3. The quantitative estimate of drug-likeness (QED) is 0.637. The number of benzene rings is 2. The number of carbonyl (C=O) groups is 2. The molecule has 1 heterocycles. The van der Waals surface area contributed by atoms with E-state index < -0.39 is 0 Å². The summed E-state index contributed by atoms with van der Waals surface area (Å²) in [4.78, 5) is 26.6. The topological polar surface area (TPSA) is 67.9 Å². The SMILES string of the molecule is CC(C)(C)c1ccc(OCCNC(=O)C2CCN(C(=O)COc3ccccc3)CC2)cc1. The van der Waals surface area contributed by atoms with Gasteiger partial charge in [0.15, 0.2) is 6.61 Å². The fourth-order valence-electron chi connectivity index (χ4n) is 3.68. The first kappa shape index (κ1) is 23.6. The lowest BCUT2D eigenvalue weighted by atomic mass is 9.87. The van der Waals surface area contributed by atoms with Crippen molar-refractivity contribution in [2.24, 2.45) is 5.92 Å². The van der Waals surface area contributed by atoms with Gasteiger partial charge in [-0.15, -0.1) is 0 Å². The number of hydrogen-bond donors (Lipinski definition) is 1. The van der Waals surface area contributed by atoms with E-state index in [0.717, 1.165) is 5.75 Å². The minimum absolute atomic E-state index is 0.0228. The fraction of sp³-hybridized carbons (Fsp3) is 0.462. The number of rotatable bonds is 8. The molecule has 1 aliphatic rings. The van der Waals surface area contributed by atoms with Crippen molar-refractivity contribution in [2.75, 3.05) is 32.8 Å². The van der Waals surface area contributed by atoms with Crippen LogP contribution in [0.3, 0.4) is 0 Å². The van der Waals surface area contributed by atoms with Gasteiger partial charge in [0.05, 0.1) is 6.54 Å². The smallest absolute Gasteiger partial charge is 0.260 e. The Morgan fingerprint density at radius 1 is 0.938 bits per heavy atom. The summed E-state index contributed by atoms with van der Waals surface area (Å²) in [7, 11) is 0. The van der Waals surface area contributed by atoms with Crippen LogP contribution in [0.1, 0.15) is 39.2 Å². The van der Waals surface area contributed by atoms with Gasteiger partial charge in [-0.05, 0) is 48.1 Å². The van der Waals surface area contributed by atoms with Crippen LogP contribution in [0.2, 0.25) is 0 Å². The summed E-state index contributed by atoms with van der Waals surface area (Å²) in [5.41, 5.74) is 1.37. The van der Waals surface area contributed by atoms with Crippen molar-refractivity contribution in [3.8, 4) is 11.5 Å². The van der Waals surface area contributed by atoms with E-state index in [1.54, 1.807) is 4.90 Å². The molecule has 6 nitrogen and oxygen atoms in total. The monoisotopic (exact) mass is 438 g/mol. The molecule has 0 saturated carbocycles. The van der Waals surface area contributed by atoms with Crippen LogP contribution in [0.4, 0.5) is 0 Å². The van der Waals surface area contributed by atoms with Gasteiger partial charge < -0.3 is 19.7 Å². The largest absolute Gasteiger partial charge is 0.492 e. The Morgan fingerprint density at radius 2 is 1.56 bits per heavy atom. The van der Waals surface area contributed by atoms with Gasteiger partial charge in [-0.1, -0.05) is 51.1 Å². The summed E-state index contributed by atoms with van der Waals surface area (Å²) < 4.78 is 11.3. The van der Waals surface area contributed by atoms with Crippen LogP contribution >= 0.6 is 0 Å². The molecule has 2 amide bonds. The molecule has 32 heavy (non-hydrogen) atoms. The number of likely N-dealkylation sites (tertiary alicyclic amines) is 1. The van der Waals surface area contributed by atoms with Crippen LogP contribution in [0.15, 0.2) is 54.6 Å². The lowest BCUT2D eigenvalue weighted by Crippen LogP contribution is -2.45. The second kappa shape index (κ2) is 11.0. The highest BCUT2D eigenvalue weighted by Crippen LogP contribution is 2.24. The van der Waals surface area contributed by atoms with Crippen molar-refractivity contribution in [3.63, 3.8) is 0 Å². The maximum Gasteiger partial charge on any atom is 0.260 e. The van der Waals surface area contributed by atoms with Crippen LogP contribution in [0.5, 0.6) is 11.5 Å². The number of carbonyl (C=O) groups excluding carboxylic acids is 2. The first-order valence-electron chi connectivity index (χ1n) is 11.3. The Balaban J connectivity index is 1.32. The van der Waals surface area contributed by atoms with E-state index in [9.17, 15) is 9.59 Å². The average Bonchev–Trinajstić information content (AvgIpc) is 2.80. The Morgan fingerprint density at radius 3 is 2.19 bits per heavy atom. The number of nitrogens with zero attached hydrogens (tertiary/aromatic N) is 1. The highest BCUT2D eigenvalue weighted by atomic mass is 16.5. The lowest BCUT2D eigenvalue weighted by Gasteiger charge is -2.31. The highest BCUT2D eigenvalue weighted by Gasteiger charge is 2.27. The molecule has 0 spiro atoms. The second-order valence-electron chi connectivity index (χ2n) is 9.17. The van der Waals surface area contributed by atoms with Gasteiger partial charge in [-0.3, -0.25) is 9.59 Å². The lowest BCUT2D eigenvalue weighted by molar-refractivity contribution is -0.137. The average molecular weight is 439 g/mol. The molecule has 1 fully saturated rings. The third-order valence-corrected chi connectivity index (χ3v) is 5.71. The molecule has 1 N–H and O–H groups in total. The van der Waals surface area contributed by atoms with Gasteiger partial charge in [-0.2, -0.15) is 0 Å². The summed E-state index contributed by atoms with van der Waals surface area (Å²) in [6.07, 6.45) is 1.33. The Labute approximate surface area is 190 Å². The summed E-state index contributed by atoms with van der Waals surface area (Å²) >= 11 is 0. The van der Waals surface area contributed by atoms with Gasteiger partial charge in [0, 0.05) is 19.0 Å². The van der Waals surface area contributed by atoms with Crippen LogP contribution in [0.25, 0.3) is 0 Å². The van der Waals surface area contributed by atoms with Gasteiger partial charge in [0.1, 0.15) is 18.1 Å². The normalized spacial score (nSPS) is 14.7. The van der Waals surface area contributed by atoms with Crippen LogP contribution < -0.4 is 14.8 Å². The van der Waals surface area contributed by atoms with Crippen molar-refractivity contribution >= 4 is 11.8 Å². The standard InChI is InChI=1S/C26H34N2O4/c1-26(2,3)21-9-11-23(12-10-21)31-18-15-27-25(30)20-13-16-28(17-14-20)24(29)19-32-22-7-5-4-6-8-22/h4-12,20H,13-19H2,1-3H3,(H,27,30). The summed E-state index contributed by atoms with van der Waals surface area (Å²) in [5, 5.41) is 2.96. The van der Waals surface area contributed by atoms with Crippen molar-refractivity contribution < 1.29 is 19.1 Å². The number of nitrogens with one attached hydrogen (secondary N) is 1. The molecule has 2 aromatic carbocycles. The zero-order valence-electron chi connectivity index (χ0n) is 19.3. The molecule has 172 valence electrons. The van der Waals surface area contributed by atoms with Crippen molar-refractivity contribution in [1.82, 2.24) is 10.2 Å². The van der Waals surface area contributed by atoms with E-state index in [-0.39, 0.29) is 29.8 Å². The molecule has 1 aliphatic heterocycles. The first-order chi connectivity index (χ1) is 15.3.